The highest BCUT2D eigenvalue weighted by atomic mass is 16.2. The van der Waals surface area contributed by atoms with E-state index in [1.54, 1.807) is 4.90 Å². The van der Waals surface area contributed by atoms with Crippen LogP contribution in [0.3, 0.4) is 0 Å². The zero-order valence-electron chi connectivity index (χ0n) is 9.32. The molecule has 0 spiro atoms. The summed E-state index contributed by atoms with van der Waals surface area (Å²) in [5, 5.41) is 9.30. The number of aromatic amines is 1. The first-order valence-corrected chi connectivity index (χ1v) is 5.09. The maximum absolute atomic E-state index is 11.7. The van der Waals surface area contributed by atoms with E-state index >= 15 is 0 Å². The summed E-state index contributed by atoms with van der Waals surface area (Å²) in [4.78, 5) is 17.4. The third-order valence-corrected chi connectivity index (χ3v) is 2.23. The fraction of sp³-hybridized carbons (Fsp3) is 0.667. The van der Waals surface area contributed by atoms with Crippen molar-refractivity contribution in [1.29, 1.82) is 0 Å². The fourth-order valence-corrected chi connectivity index (χ4v) is 1.28. The molecule has 0 aliphatic carbocycles. The van der Waals surface area contributed by atoms with Crippen molar-refractivity contribution < 1.29 is 4.79 Å². The number of amides is 2. The van der Waals surface area contributed by atoms with Crippen LogP contribution < -0.4 is 5.32 Å². The maximum atomic E-state index is 11.7. The van der Waals surface area contributed by atoms with Crippen LogP contribution in [0, 0.1) is 0 Å². The van der Waals surface area contributed by atoms with Gasteiger partial charge in [0.2, 0.25) is 0 Å². The fourth-order valence-electron chi connectivity index (χ4n) is 1.28. The Balaban J connectivity index is 2.51. The molecule has 0 fully saturated rings. The van der Waals surface area contributed by atoms with Crippen molar-refractivity contribution >= 4 is 6.03 Å². The third-order valence-electron chi connectivity index (χ3n) is 2.23. The Morgan fingerprint density at radius 3 is 2.73 bits per heavy atom. The Kier molecular flexibility index (Phi) is 4.08. The number of nitrogens with zero attached hydrogens (tertiary/aromatic N) is 3. The largest absolute Gasteiger partial charge is 0.328 e. The molecule has 0 aromatic carbocycles. The Labute approximate surface area is 89.1 Å². The van der Waals surface area contributed by atoms with Gasteiger partial charge in [-0.15, -0.1) is 0 Å². The summed E-state index contributed by atoms with van der Waals surface area (Å²) < 4.78 is 0. The van der Waals surface area contributed by atoms with E-state index in [9.17, 15) is 4.79 Å². The van der Waals surface area contributed by atoms with Crippen LogP contribution in [-0.2, 0) is 0 Å². The minimum atomic E-state index is -0.152. The molecule has 84 valence electrons. The van der Waals surface area contributed by atoms with Crippen LogP contribution in [0.4, 0.5) is 4.79 Å². The van der Waals surface area contributed by atoms with Crippen LogP contribution in [0.1, 0.15) is 32.6 Å². The van der Waals surface area contributed by atoms with E-state index in [1.165, 1.54) is 6.33 Å². The standard InChI is InChI=1S/C9H17N5O/c1-4-14(5-2)9(15)12-7(3)8-10-6-11-13-8/h6-7H,4-5H2,1-3H3,(H,12,15)(H,10,11,13). The lowest BCUT2D eigenvalue weighted by atomic mass is 10.3. The molecule has 2 N–H and O–H groups in total. The molecule has 0 aliphatic heterocycles. The summed E-state index contributed by atoms with van der Waals surface area (Å²) in [6, 6.07) is -0.232. The average Bonchev–Trinajstić information content (AvgIpc) is 2.72. The first-order chi connectivity index (χ1) is 7.19. The quantitative estimate of drug-likeness (QED) is 0.777. The van der Waals surface area contributed by atoms with Gasteiger partial charge in [-0.1, -0.05) is 0 Å². The summed E-state index contributed by atoms with van der Waals surface area (Å²) in [5.74, 6) is 0.663. The van der Waals surface area contributed by atoms with Gasteiger partial charge in [0.1, 0.15) is 12.2 Å². The minimum absolute atomic E-state index is 0.0797. The highest BCUT2D eigenvalue weighted by Crippen LogP contribution is 2.04. The molecule has 0 saturated heterocycles. The van der Waals surface area contributed by atoms with Crippen molar-refractivity contribution in [2.24, 2.45) is 0 Å². The molecule has 15 heavy (non-hydrogen) atoms. The molecule has 1 unspecified atom stereocenters. The second-order valence-electron chi connectivity index (χ2n) is 3.21. The van der Waals surface area contributed by atoms with Gasteiger partial charge < -0.3 is 10.2 Å². The van der Waals surface area contributed by atoms with Crippen molar-refractivity contribution in [2.75, 3.05) is 13.1 Å². The second-order valence-corrected chi connectivity index (χ2v) is 3.21. The smallest absolute Gasteiger partial charge is 0.317 e. The molecule has 1 rings (SSSR count). The normalized spacial score (nSPS) is 12.2. The van der Waals surface area contributed by atoms with Crippen LogP contribution in [0.15, 0.2) is 6.33 Å². The monoisotopic (exact) mass is 211 g/mol. The highest BCUT2D eigenvalue weighted by molar-refractivity contribution is 5.74. The van der Waals surface area contributed by atoms with Crippen LogP contribution in [0.5, 0.6) is 0 Å². The van der Waals surface area contributed by atoms with Gasteiger partial charge in [0.15, 0.2) is 0 Å². The number of carbonyl (C=O) groups excluding carboxylic acids is 1. The highest BCUT2D eigenvalue weighted by Gasteiger charge is 2.15. The van der Waals surface area contributed by atoms with Crippen molar-refractivity contribution in [3.05, 3.63) is 12.2 Å². The first kappa shape index (κ1) is 11.5. The Morgan fingerprint density at radius 2 is 2.27 bits per heavy atom. The summed E-state index contributed by atoms with van der Waals surface area (Å²) in [5.41, 5.74) is 0. The molecule has 1 aromatic rings. The van der Waals surface area contributed by atoms with Crippen molar-refractivity contribution in [2.45, 2.75) is 26.8 Å². The average molecular weight is 211 g/mol. The van der Waals surface area contributed by atoms with E-state index in [4.69, 9.17) is 0 Å². The number of carbonyl (C=O) groups is 1. The minimum Gasteiger partial charge on any atom is -0.328 e. The molecule has 0 aliphatic rings. The molecule has 0 saturated carbocycles. The zero-order valence-corrected chi connectivity index (χ0v) is 9.32. The van der Waals surface area contributed by atoms with Gasteiger partial charge in [-0.25, -0.2) is 9.78 Å². The number of H-pyrrole nitrogens is 1. The summed E-state index contributed by atoms with van der Waals surface area (Å²) >= 11 is 0. The first-order valence-electron chi connectivity index (χ1n) is 5.09. The van der Waals surface area contributed by atoms with Gasteiger partial charge in [0.25, 0.3) is 0 Å². The molecular weight excluding hydrogens is 194 g/mol. The number of hydrogen-bond donors (Lipinski definition) is 2. The van der Waals surface area contributed by atoms with E-state index in [0.717, 1.165) is 0 Å². The van der Waals surface area contributed by atoms with Crippen LogP contribution in [-0.4, -0.2) is 39.2 Å². The molecular formula is C9H17N5O. The lowest BCUT2D eigenvalue weighted by Crippen LogP contribution is -2.41. The number of hydrogen-bond acceptors (Lipinski definition) is 3. The number of rotatable bonds is 4. The van der Waals surface area contributed by atoms with Gasteiger partial charge in [-0.2, -0.15) is 5.10 Å². The number of aromatic nitrogens is 3. The van der Waals surface area contributed by atoms with Gasteiger partial charge >= 0.3 is 6.03 Å². The Hall–Kier alpha value is -1.59. The van der Waals surface area contributed by atoms with E-state index in [-0.39, 0.29) is 12.1 Å². The van der Waals surface area contributed by atoms with E-state index in [2.05, 4.69) is 20.5 Å². The van der Waals surface area contributed by atoms with E-state index < -0.39 is 0 Å². The van der Waals surface area contributed by atoms with Crippen molar-refractivity contribution in [1.82, 2.24) is 25.4 Å². The molecule has 1 atom stereocenters. The van der Waals surface area contributed by atoms with Gasteiger partial charge in [0, 0.05) is 13.1 Å². The SMILES string of the molecule is CCN(CC)C(=O)NC(C)c1ncn[nH]1. The Morgan fingerprint density at radius 1 is 1.60 bits per heavy atom. The summed E-state index contributed by atoms with van der Waals surface area (Å²) in [6.45, 7) is 7.16. The van der Waals surface area contributed by atoms with Gasteiger partial charge in [-0.05, 0) is 20.8 Å². The number of nitrogens with one attached hydrogen (secondary N) is 2. The molecule has 6 heteroatoms. The molecule has 1 heterocycles. The lowest BCUT2D eigenvalue weighted by Gasteiger charge is -2.21. The molecule has 0 bridgehead atoms. The van der Waals surface area contributed by atoms with Crippen molar-refractivity contribution in [3.8, 4) is 0 Å². The van der Waals surface area contributed by atoms with Gasteiger partial charge in [0.05, 0.1) is 6.04 Å². The Bertz CT molecular complexity index is 293. The van der Waals surface area contributed by atoms with E-state index in [0.29, 0.717) is 18.9 Å². The molecule has 6 nitrogen and oxygen atoms in total. The third kappa shape index (κ3) is 2.93. The summed E-state index contributed by atoms with van der Waals surface area (Å²) in [7, 11) is 0. The zero-order chi connectivity index (χ0) is 11.3. The lowest BCUT2D eigenvalue weighted by molar-refractivity contribution is 0.199. The summed E-state index contributed by atoms with van der Waals surface area (Å²) in [6.07, 6.45) is 1.43. The van der Waals surface area contributed by atoms with Gasteiger partial charge in [-0.3, -0.25) is 5.10 Å². The molecule has 0 radical (unpaired) electrons. The van der Waals surface area contributed by atoms with Crippen LogP contribution in [0.25, 0.3) is 0 Å². The predicted octanol–water partition coefficient (Wildman–Crippen LogP) is 0.917. The molecule has 2 amide bonds. The predicted molar refractivity (Wildman–Crippen MR) is 56.3 cm³/mol. The topological polar surface area (TPSA) is 73.9 Å². The maximum Gasteiger partial charge on any atom is 0.317 e. The van der Waals surface area contributed by atoms with E-state index in [1.807, 2.05) is 20.8 Å². The van der Waals surface area contributed by atoms with Crippen LogP contribution >= 0.6 is 0 Å². The number of urea groups is 1. The van der Waals surface area contributed by atoms with Crippen LogP contribution in [0.2, 0.25) is 0 Å². The van der Waals surface area contributed by atoms with Crippen molar-refractivity contribution in [3.63, 3.8) is 0 Å². The second kappa shape index (κ2) is 5.33. The molecule has 1 aromatic heterocycles.